The van der Waals surface area contributed by atoms with E-state index >= 15 is 0 Å². The molecule has 5 heteroatoms. The van der Waals surface area contributed by atoms with Crippen LogP contribution in [0.4, 0.5) is 14.5 Å². The number of hydrogen-bond donors (Lipinski definition) is 2. The molecular formula is C16H10F2N2O. The molecule has 2 heterocycles. The minimum absolute atomic E-state index is 0.0531. The molecule has 21 heavy (non-hydrogen) atoms. The molecule has 0 amide bonds. The number of nitrogens with zero attached hydrogens (tertiary/aromatic N) is 1. The van der Waals surface area contributed by atoms with Crippen LogP contribution >= 0.6 is 0 Å². The Morgan fingerprint density at radius 3 is 2.67 bits per heavy atom. The molecule has 3 nitrogen and oxygen atoms in total. The van der Waals surface area contributed by atoms with Gasteiger partial charge in [0.25, 0.3) is 0 Å². The Balaban J connectivity index is 1.89. The Morgan fingerprint density at radius 1 is 1.05 bits per heavy atom. The maximum Gasteiger partial charge on any atom is 0.198 e. The van der Waals surface area contributed by atoms with Gasteiger partial charge in [0, 0.05) is 17.3 Å². The van der Waals surface area contributed by atoms with Crippen LogP contribution in [-0.4, -0.2) is 15.8 Å². The maximum atomic E-state index is 13.4. The van der Waals surface area contributed by atoms with Crippen LogP contribution in [0.2, 0.25) is 0 Å². The Kier molecular flexibility index (Phi) is 2.39. The van der Waals surface area contributed by atoms with Crippen LogP contribution in [0.1, 0.15) is 11.1 Å². The summed E-state index contributed by atoms with van der Waals surface area (Å²) in [6.45, 7) is 0. The number of fused-ring (bicyclic) bond motifs is 2. The van der Waals surface area contributed by atoms with Gasteiger partial charge in [-0.1, -0.05) is 0 Å². The fourth-order valence-electron chi connectivity index (χ4n) is 2.76. The molecule has 1 aromatic heterocycles. The van der Waals surface area contributed by atoms with Crippen molar-refractivity contribution in [3.05, 3.63) is 59.2 Å². The zero-order chi connectivity index (χ0) is 14.6. The largest absolute Gasteiger partial charge is 0.494 e. The standard InChI is InChI=1S/C16H10F2N2O/c17-9-1-3-12-8(5-9)6-14(19-12)15-11-7-10(18)2-4-13(11)20-16(15)21/h1-5,7,20-21H,6H2. The molecule has 0 unspecified atom stereocenters. The second-order valence-electron chi connectivity index (χ2n) is 5.05. The Labute approximate surface area is 118 Å². The van der Waals surface area contributed by atoms with Gasteiger partial charge in [0.1, 0.15) is 11.6 Å². The van der Waals surface area contributed by atoms with E-state index in [1.165, 1.54) is 24.3 Å². The topological polar surface area (TPSA) is 48.4 Å². The highest BCUT2D eigenvalue weighted by molar-refractivity contribution is 6.16. The zero-order valence-electron chi connectivity index (χ0n) is 10.8. The Bertz CT molecular complexity index is 912. The highest BCUT2D eigenvalue weighted by Gasteiger charge is 2.23. The third kappa shape index (κ3) is 1.81. The molecular weight excluding hydrogens is 274 g/mol. The van der Waals surface area contributed by atoms with Crippen molar-refractivity contribution in [3.63, 3.8) is 0 Å². The summed E-state index contributed by atoms with van der Waals surface area (Å²) in [6, 6.07) is 8.62. The first-order chi connectivity index (χ1) is 10.1. The summed E-state index contributed by atoms with van der Waals surface area (Å²) in [5.74, 6) is -0.757. The second kappa shape index (κ2) is 4.15. The molecule has 3 aromatic rings. The molecule has 0 fully saturated rings. The van der Waals surface area contributed by atoms with Crippen molar-refractivity contribution in [2.45, 2.75) is 6.42 Å². The number of nitrogens with one attached hydrogen (secondary N) is 1. The predicted octanol–water partition coefficient (Wildman–Crippen LogP) is 3.83. The average molecular weight is 284 g/mol. The van der Waals surface area contributed by atoms with Gasteiger partial charge in [-0.2, -0.15) is 0 Å². The van der Waals surface area contributed by atoms with Crippen LogP contribution in [0.3, 0.4) is 0 Å². The summed E-state index contributed by atoms with van der Waals surface area (Å²) < 4.78 is 26.7. The minimum Gasteiger partial charge on any atom is -0.494 e. The number of aromatic nitrogens is 1. The molecule has 104 valence electrons. The lowest BCUT2D eigenvalue weighted by atomic mass is 10.0. The van der Waals surface area contributed by atoms with Crippen molar-refractivity contribution in [2.75, 3.05) is 0 Å². The lowest BCUT2D eigenvalue weighted by molar-refractivity contribution is 0.457. The smallest absolute Gasteiger partial charge is 0.198 e. The molecule has 0 atom stereocenters. The van der Waals surface area contributed by atoms with E-state index in [4.69, 9.17) is 0 Å². The van der Waals surface area contributed by atoms with Gasteiger partial charge >= 0.3 is 0 Å². The van der Waals surface area contributed by atoms with Gasteiger partial charge in [-0.15, -0.1) is 0 Å². The summed E-state index contributed by atoms with van der Waals surface area (Å²) >= 11 is 0. The molecule has 0 saturated carbocycles. The number of hydrogen-bond acceptors (Lipinski definition) is 2. The van der Waals surface area contributed by atoms with Crippen LogP contribution in [0.25, 0.3) is 10.9 Å². The third-order valence-electron chi connectivity index (χ3n) is 3.68. The van der Waals surface area contributed by atoms with E-state index in [2.05, 4.69) is 9.98 Å². The molecule has 2 aromatic carbocycles. The van der Waals surface area contributed by atoms with Gasteiger partial charge in [0.15, 0.2) is 5.88 Å². The SMILES string of the molecule is Oc1[nH]c2ccc(F)cc2c1C1=Nc2ccc(F)cc2C1. The van der Waals surface area contributed by atoms with Crippen molar-refractivity contribution in [2.24, 2.45) is 4.99 Å². The van der Waals surface area contributed by atoms with Crippen molar-refractivity contribution < 1.29 is 13.9 Å². The number of aromatic hydroxyl groups is 1. The van der Waals surface area contributed by atoms with Crippen LogP contribution in [0.5, 0.6) is 5.88 Å². The molecule has 0 spiro atoms. The van der Waals surface area contributed by atoms with E-state index in [-0.39, 0.29) is 17.5 Å². The zero-order valence-corrected chi connectivity index (χ0v) is 10.8. The predicted molar refractivity (Wildman–Crippen MR) is 76.2 cm³/mol. The summed E-state index contributed by atoms with van der Waals surface area (Å²) in [5.41, 5.74) is 3.14. The molecule has 0 radical (unpaired) electrons. The van der Waals surface area contributed by atoms with Gasteiger partial charge in [-0.3, -0.25) is 4.99 Å². The normalized spacial score (nSPS) is 13.5. The molecule has 1 aliphatic heterocycles. The van der Waals surface area contributed by atoms with E-state index in [1.807, 2.05) is 0 Å². The van der Waals surface area contributed by atoms with Gasteiger partial charge in [0.05, 0.1) is 17.0 Å². The number of rotatable bonds is 1. The van der Waals surface area contributed by atoms with E-state index in [1.54, 1.807) is 12.1 Å². The quantitative estimate of drug-likeness (QED) is 0.701. The highest BCUT2D eigenvalue weighted by Crippen LogP contribution is 2.35. The number of H-pyrrole nitrogens is 1. The maximum absolute atomic E-state index is 13.4. The first-order valence-electron chi connectivity index (χ1n) is 6.48. The monoisotopic (exact) mass is 284 g/mol. The van der Waals surface area contributed by atoms with E-state index in [0.717, 1.165) is 5.56 Å². The first kappa shape index (κ1) is 12.1. The summed E-state index contributed by atoms with van der Waals surface area (Å²) in [7, 11) is 0. The van der Waals surface area contributed by atoms with Crippen molar-refractivity contribution in [3.8, 4) is 5.88 Å². The lowest BCUT2D eigenvalue weighted by Crippen LogP contribution is -2.00. The second-order valence-corrected chi connectivity index (χ2v) is 5.05. The van der Waals surface area contributed by atoms with Crippen LogP contribution in [0, 0.1) is 11.6 Å². The molecule has 1 aliphatic rings. The number of aliphatic imine (C=N–C) groups is 1. The summed E-state index contributed by atoms with van der Waals surface area (Å²) in [4.78, 5) is 7.23. The van der Waals surface area contributed by atoms with E-state index < -0.39 is 0 Å². The van der Waals surface area contributed by atoms with Crippen molar-refractivity contribution >= 4 is 22.3 Å². The van der Waals surface area contributed by atoms with E-state index in [0.29, 0.717) is 34.3 Å². The average Bonchev–Trinajstić information content (AvgIpc) is 2.97. The number of halogens is 2. The fourth-order valence-corrected chi connectivity index (χ4v) is 2.76. The third-order valence-corrected chi connectivity index (χ3v) is 3.68. The van der Waals surface area contributed by atoms with Crippen LogP contribution in [-0.2, 0) is 6.42 Å². The fraction of sp³-hybridized carbons (Fsp3) is 0.0625. The number of aromatic amines is 1. The summed E-state index contributed by atoms with van der Waals surface area (Å²) in [5, 5.41) is 10.7. The van der Waals surface area contributed by atoms with Crippen molar-refractivity contribution in [1.82, 2.24) is 4.98 Å². The minimum atomic E-state index is -0.384. The van der Waals surface area contributed by atoms with Crippen LogP contribution < -0.4 is 0 Å². The van der Waals surface area contributed by atoms with Gasteiger partial charge in [0.2, 0.25) is 0 Å². The van der Waals surface area contributed by atoms with Crippen molar-refractivity contribution in [1.29, 1.82) is 0 Å². The molecule has 0 bridgehead atoms. The molecule has 2 N–H and O–H groups in total. The first-order valence-corrected chi connectivity index (χ1v) is 6.48. The lowest BCUT2D eigenvalue weighted by Gasteiger charge is -1.99. The number of benzene rings is 2. The van der Waals surface area contributed by atoms with E-state index in [9.17, 15) is 13.9 Å². The Hall–Kier alpha value is -2.69. The molecule has 0 saturated heterocycles. The summed E-state index contributed by atoms with van der Waals surface area (Å²) in [6.07, 6.45) is 0.407. The van der Waals surface area contributed by atoms with Gasteiger partial charge in [-0.25, -0.2) is 8.78 Å². The Morgan fingerprint density at radius 2 is 1.81 bits per heavy atom. The molecule has 4 rings (SSSR count). The highest BCUT2D eigenvalue weighted by atomic mass is 19.1. The van der Waals surface area contributed by atoms with Gasteiger partial charge in [-0.05, 0) is 42.0 Å². The molecule has 0 aliphatic carbocycles. The van der Waals surface area contributed by atoms with Gasteiger partial charge < -0.3 is 10.1 Å². The van der Waals surface area contributed by atoms with Crippen LogP contribution in [0.15, 0.2) is 41.4 Å².